The van der Waals surface area contributed by atoms with E-state index in [1.54, 1.807) is 0 Å². The number of hydrogen-bond donors (Lipinski definition) is 0. The molecule has 2 fully saturated rings. The number of allylic oxidation sites excluding steroid dienone is 1. The molecule has 1 aromatic rings. The molecule has 1 atom stereocenters. The van der Waals surface area contributed by atoms with Crippen LogP contribution in [0.5, 0.6) is 0 Å². The summed E-state index contributed by atoms with van der Waals surface area (Å²) in [5, 5.41) is 16.6. The van der Waals surface area contributed by atoms with E-state index in [9.17, 15) is 8.78 Å². The Morgan fingerprint density at radius 1 is 1.26 bits per heavy atom. The van der Waals surface area contributed by atoms with Gasteiger partial charge in [0.15, 0.2) is 0 Å². The quantitative estimate of drug-likeness (QED) is 0.324. The summed E-state index contributed by atoms with van der Waals surface area (Å²) in [6, 6.07) is 10.0. The number of benzene rings is 1. The van der Waals surface area contributed by atoms with Gasteiger partial charge in [0, 0.05) is 49.2 Å². The van der Waals surface area contributed by atoms with E-state index >= 15 is 0 Å². The van der Waals surface area contributed by atoms with E-state index in [1.807, 2.05) is 29.3 Å². The normalized spacial score (nSPS) is 23.7. The monoisotopic (exact) mass is 487 g/mol. The zero-order valence-electron chi connectivity index (χ0n) is 17.1. The summed E-state index contributed by atoms with van der Waals surface area (Å²) in [7, 11) is 0. The largest absolute Gasteiger partial charge is 0.371 e. The fourth-order valence-corrected chi connectivity index (χ4v) is 4.93. The molecule has 2 heterocycles. The maximum Gasteiger partial charge on any atom is 0.252 e. The lowest BCUT2D eigenvalue weighted by molar-refractivity contribution is 0.0998. The van der Waals surface area contributed by atoms with Gasteiger partial charge in [-0.25, -0.2) is 8.78 Å². The van der Waals surface area contributed by atoms with Gasteiger partial charge in [-0.3, -0.25) is 0 Å². The van der Waals surface area contributed by atoms with Crippen molar-refractivity contribution in [2.24, 2.45) is 16.1 Å². The molecule has 1 saturated carbocycles. The molecule has 0 N–H and O–H groups in total. The number of piperidine rings is 1. The van der Waals surface area contributed by atoms with Crippen molar-refractivity contribution in [1.82, 2.24) is 9.80 Å². The van der Waals surface area contributed by atoms with Gasteiger partial charge >= 0.3 is 0 Å². The summed E-state index contributed by atoms with van der Waals surface area (Å²) in [6.07, 6.45) is 6.10. The number of alkyl halides is 2. The maximum absolute atomic E-state index is 13.4. The van der Waals surface area contributed by atoms with Crippen LogP contribution in [0.15, 0.2) is 56.9 Å². The standard InChI is InChI=1S/C23H24BrF2N5/c1-28-29-22(12-19-13-23(19,25)26)31-11-8-21(20(24)15-31)30-9-6-18(7-10-30)17-4-2-16(14-27)3-5-17/h2-5,8,11,18-19H,1,6-7,9-10,12-13,15H2/b29-22-. The van der Waals surface area contributed by atoms with Crippen molar-refractivity contribution >= 4 is 28.5 Å². The number of hydrogen-bond acceptors (Lipinski definition) is 4. The Kier molecular flexibility index (Phi) is 6.24. The third kappa shape index (κ3) is 4.87. The summed E-state index contributed by atoms with van der Waals surface area (Å²) in [6.45, 7) is 5.79. The van der Waals surface area contributed by atoms with E-state index < -0.39 is 11.8 Å². The lowest BCUT2D eigenvalue weighted by Gasteiger charge is -2.37. The number of likely N-dealkylation sites (tertiary alicyclic amines) is 1. The van der Waals surface area contributed by atoms with Gasteiger partial charge in [0.2, 0.25) is 0 Å². The number of rotatable bonds is 5. The summed E-state index contributed by atoms with van der Waals surface area (Å²) in [4.78, 5) is 4.22. The van der Waals surface area contributed by atoms with Crippen LogP contribution >= 0.6 is 15.9 Å². The fraction of sp³-hybridized carbons (Fsp3) is 0.435. The van der Waals surface area contributed by atoms with Gasteiger partial charge in [0.25, 0.3) is 5.92 Å². The summed E-state index contributed by atoms with van der Waals surface area (Å²) < 4.78 is 27.7. The summed E-state index contributed by atoms with van der Waals surface area (Å²) >= 11 is 3.70. The van der Waals surface area contributed by atoms with Crippen LogP contribution in [-0.2, 0) is 0 Å². The number of nitriles is 1. The van der Waals surface area contributed by atoms with Gasteiger partial charge in [-0.15, -0.1) is 5.10 Å². The minimum absolute atomic E-state index is 0.0862. The number of halogens is 3. The molecule has 8 heteroatoms. The molecule has 1 saturated heterocycles. The third-order valence-electron chi connectivity index (χ3n) is 6.25. The molecule has 31 heavy (non-hydrogen) atoms. The van der Waals surface area contributed by atoms with E-state index in [0.717, 1.165) is 36.1 Å². The van der Waals surface area contributed by atoms with Gasteiger partial charge in [0.05, 0.1) is 23.9 Å². The molecule has 0 spiro atoms. The Labute approximate surface area is 189 Å². The van der Waals surface area contributed by atoms with Crippen molar-refractivity contribution in [2.75, 3.05) is 19.6 Å². The second kappa shape index (κ2) is 8.91. The Bertz CT molecular complexity index is 969. The topological polar surface area (TPSA) is 55.0 Å². The number of amidine groups is 1. The van der Waals surface area contributed by atoms with Crippen LogP contribution in [0.1, 0.15) is 42.7 Å². The highest BCUT2D eigenvalue weighted by Crippen LogP contribution is 2.51. The highest BCUT2D eigenvalue weighted by Gasteiger charge is 2.57. The van der Waals surface area contributed by atoms with Gasteiger partial charge in [-0.1, -0.05) is 28.1 Å². The van der Waals surface area contributed by atoms with Crippen molar-refractivity contribution in [2.45, 2.75) is 37.5 Å². The van der Waals surface area contributed by atoms with Crippen LogP contribution < -0.4 is 0 Å². The van der Waals surface area contributed by atoms with E-state index in [4.69, 9.17) is 5.26 Å². The van der Waals surface area contributed by atoms with Crippen molar-refractivity contribution in [3.63, 3.8) is 0 Å². The van der Waals surface area contributed by atoms with Gasteiger partial charge in [-0.05, 0) is 42.5 Å². The predicted molar refractivity (Wildman–Crippen MR) is 121 cm³/mol. The number of nitrogens with zero attached hydrogens (tertiary/aromatic N) is 5. The molecule has 1 aromatic carbocycles. The van der Waals surface area contributed by atoms with Crippen LogP contribution in [0.25, 0.3) is 0 Å². The first-order valence-corrected chi connectivity index (χ1v) is 11.2. The average Bonchev–Trinajstić information content (AvgIpc) is 3.39. The van der Waals surface area contributed by atoms with Crippen molar-refractivity contribution < 1.29 is 8.78 Å². The van der Waals surface area contributed by atoms with Gasteiger partial charge in [-0.2, -0.15) is 10.4 Å². The molecular weight excluding hydrogens is 464 g/mol. The highest BCUT2D eigenvalue weighted by atomic mass is 79.9. The molecule has 0 radical (unpaired) electrons. The first-order chi connectivity index (χ1) is 14.9. The zero-order valence-corrected chi connectivity index (χ0v) is 18.7. The van der Waals surface area contributed by atoms with Crippen molar-refractivity contribution in [3.05, 3.63) is 57.8 Å². The summed E-state index contributed by atoms with van der Waals surface area (Å²) in [5.41, 5.74) is 3.09. The van der Waals surface area contributed by atoms with Crippen LogP contribution in [0.2, 0.25) is 0 Å². The lowest BCUT2D eigenvalue weighted by atomic mass is 9.89. The van der Waals surface area contributed by atoms with Crippen LogP contribution in [0.4, 0.5) is 8.78 Å². The first kappa shape index (κ1) is 21.7. The Morgan fingerprint density at radius 2 is 1.94 bits per heavy atom. The van der Waals surface area contributed by atoms with Gasteiger partial charge < -0.3 is 9.80 Å². The lowest BCUT2D eigenvalue weighted by Crippen LogP contribution is -2.36. The molecule has 1 unspecified atom stereocenters. The van der Waals surface area contributed by atoms with E-state index in [-0.39, 0.29) is 12.8 Å². The van der Waals surface area contributed by atoms with Crippen molar-refractivity contribution in [3.8, 4) is 6.07 Å². The second-order valence-electron chi connectivity index (χ2n) is 8.25. The predicted octanol–water partition coefficient (Wildman–Crippen LogP) is 5.23. The molecule has 0 bridgehead atoms. The average molecular weight is 488 g/mol. The van der Waals surface area contributed by atoms with E-state index in [2.05, 4.69) is 56.0 Å². The van der Waals surface area contributed by atoms with Gasteiger partial charge in [0.1, 0.15) is 5.84 Å². The minimum Gasteiger partial charge on any atom is -0.371 e. The molecule has 0 amide bonds. The molecule has 2 aliphatic heterocycles. The summed E-state index contributed by atoms with van der Waals surface area (Å²) in [5.74, 6) is -2.24. The molecule has 4 rings (SSSR count). The van der Waals surface area contributed by atoms with Crippen LogP contribution in [-0.4, -0.2) is 47.9 Å². The first-order valence-electron chi connectivity index (χ1n) is 10.4. The Balaban J connectivity index is 1.37. The fourth-order valence-electron chi connectivity index (χ4n) is 4.28. The maximum atomic E-state index is 13.4. The highest BCUT2D eigenvalue weighted by molar-refractivity contribution is 9.11. The molecular formula is C23H24BrF2N5. The second-order valence-corrected chi connectivity index (χ2v) is 9.21. The SMILES string of the molecule is C=N/N=C(/CC1CC1(F)F)N1C=CC(N2CCC(c3ccc(C#N)cc3)CC2)=C(Br)C1. The molecule has 5 nitrogen and oxygen atoms in total. The van der Waals surface area contributed by atoms with Crippen LogP contribution in [0.3, 0.4) is 0 Å². The van der Waals surface area contributed by atoms with Crippen LogP contribution in [0, 0.1) is 17.2 Å². The van der Waals surface area contributed by atoms with E-state index in [1.165, 1.54) is 5.56 Å². The Hall–Kier alpha value is -2.53. The smallest absolute Gasteiger partial charge is 0.252 e. The van der Waals surface area contributed by atoms with E-state index in [0.29, 0.717) is 23.9 Å². The third-order valence-corrected chi connectivity index (χ3v) is 6.91. The molecule has 3 aliphatic rings. The minimum atomic E-state index is -2.58. The van der Waals surface area contributed by atoms with Crippen molar-refractivity contribution in [1.29, 1.82) is 5.26 Å². The molecule has 1 aliphatic carbocycles. The molecule has 162 valence electrons. The molecule has 0 aromatic heterocycles. The Morgan fingerprint density at radius 3 is 2.48 bits per heavy atom. The zero-order chi connectivity index (χ0) is 22.0.